The molecule has 15 heavy (non-hydrogen) atoms. The van der Waals surface area contributed by atoms with Crippen molar-refractivity contribution in [2.75, 3.05) is 0 Å². The Hall–Kier alpha value is -1.23. The van der Waals surface area contributed by atoms with E-state index in [9.17, 15) is 0 Å². The maximum Gasteiger partial charge on any atom is 0.207 e. The zero-order valence-corrected chi connectivity index (χ0v) is 10.00. The lowest BCUT2D eigenvalue weighted by Gasteiger charge is -1.99. The molecule has 5 heteroatoms. The average molecular weight is 267 g/mol. The van der Waals surface area contributed by atoms with E-state index in [0.717, 1.165) is 21.4 Å². The molecule has 0 aliphatic heterocycles. The van der Waals surface area contributed by atoms with Gasteiger partial charge in [-0.2, -0.15) is 0 Å². The predicted molar refractivity (Wildman–Crippen MR) is 59.2 cm³/mol. The Bertz CT molecular complexity index is 507. The first-order valence-corrected chi connectivity index (χ1v) is 5.16. The van der Waals surface area contributed by atoms with Gasteiger partial charge in [-0.3, -0.25) is 0 Å². The van der Waals surface area contributed by atoms with Gasteiger partial charge in [-0.05, 0) is 36.7 Å². The summed E-state index contributed by atoms with van der Waals surface area (Å²) in [5, 5.41) is 3.82. The monoisotopic (exact) mass is 266 g/mol. The molecule has 0 atom stereocenters. The molecular weight excluding hydrogens is 258 g/mol. The molecular formula is C10H9BrN3O. The number of hydrogen-bond acceptors (Lipinski definition) is 4. The molecule has 1 radical (unpaired) electrons. The summed E-state index contributed by atoms with van der Waals surface area (Å²) in [6.07, 6.45) is 1.69. The number of halogens is 1. The molecule has 0 amide bonds. The van der Waals surface area contributed by atoms with Crippen molar-refractivity contribution < 1.29 is 4.52 Å². The van der Waals surface area contributed by atoms with Gasteiger partial charge in [0.05, 0.1) is 15.9 Å². The van der Waals surface area contributed by atoms with Crippen molar-refractivity contribution in [1.29, 1.82) is 0 Å². The first kappa shape index (κ1) is 10.3. The second kappa shape index (κ2) is 3.73. The third-order valence-corrected chi connectivity index (χ3v) is 2.89. The molecule has 0 saturated carbocycles. The number of rotatable bonds is 1. The molecule has 2 aromatic heterocycles. The van der Waals surface area contributed by atoms with Crippen LogP contribution in [0.25, 0.3) is 11.6 Å². The zero-order valence-electron chi connectivity index (χ0n) is 8.41. The maximum atomic E-state index is 5.12. The van der Waals surface area contributed by atoms with Gasteiger partial charge in [0.2, 0.25) is 5.76 Å². The number of hydrogen-bond donors (Lipinski definition) is 0. The Labute approximate surface area is 95.9 Å². The van der Waals surface area contributed by atoms with Crippen LogP contribution in [0.3, 0.4) is 0 Å². The number of aryl methyl sites for hydroxylation is 2. The van der Waals surface area contributed by atoms with Gasteiger partial charge >= 0.3 is 0 Å². The van der Waals surface area contributed by atoms with E-state index in [0.29, 0.717) is 11.6 Å². The molecule has 2 rings (SSSR count). The molecule has 0 bridgehead atoms. The van der Waals surface area contributed by atoms with Crippen molar-refractivity contribution >= 4 is 15.9 Å². The fraction of sp³-hybridized carbons (Fsp3) is 0.200. The fourth-order valence-corrected chi connectivity index (χ4v) is 1.32. The largest absolute Gasteiger partial charge is 0.352 e. The lowest BCUT2D eigenvalue weighted by atomic mass is 10.2. The minimum Gasteiger partial charge on any atom is -0.352 e. The molecule has 2 aromatic rings. The summed E-state index contributed by atoms with van der Waals surface area (Å²) in [6, 6.07) is 0. The first-order valence-electron chi connectivity index (χ1n) is 4.37. The minimum atomic E-state index is 0.515. The molecule has 0 aromatic carbocycles. The van der Waals surface area contributed by atoms with Crippen LogP contribution >= 0.6 is 15.9 Å². The summed E-state index contributed by atoms with van der Waals surface area (Å²) in [7, 11) is 0. The van der Waals surface area contributed by atoms with E-state index in [1.54, 1.807) is 6.20 Å². The van der Waals surface area contributed by atoms with Crippen molar-refractivity contribution in [3.63, 3.8) is 0 Å². The molecule has 0 fully saturated rings. The quantitative estimate of drug-likeness (QED) is 0.797. The third-order valence-electron chi connectivity index (χ3n) is 2.11. The van der Waals surface area contributed by atoms with Crippen molar-refractivity contribution in [1.82, 2.24) is 15.1 Å². The standard InChI is InChI=1S/C10H9BrN3O/c1-5-6(2)14-15-9(5)10-12-4-8(11)7(3)13-10/h4H,1H2,2-3H3. The number of nitrogens with zero attached hydrogens (tertiary/aromatic N) is 3. The molecule has 0 aliphatic rings. The van der Waals surface area contributed by atoms with Gasteiger partial charge in [0.1, 0.15) is 0 Å². The minimum absolute atomic E-state index is 0.515. The van der Waals surface area contributed by atoms with E-state index in [2.05, 4.69) is 38.0 Å². The highest BCUT2D eigenvalue weighted by Gasteiger charge is 2.14. The van der Waals surface area contributed by atoms with E-state index in [-0.39, 0.29) is 0 Å². The van der Waals surface area contributed by atoms with Crippen LogP contribution in [0.2, 0.25) is 0 Å². The molecule has 77 valence electrons. The Morgan fingerprint density at radius 3 is 2.60 bits per heavy atom. The van der Waals surface area contributed by atoms with Crippen LogP contribution < -0.4 is 0 Å². The van der Waals surface area contributed by atoms with Crippen molar-refractivity contribution in [3.8, 4) is 11.6 Å². The molecule has 0 spiro atoms. The van der Waals surface area contributed by atoms with Crippen molar-refractivity contribution in [3.05, 3.63) is 34.5 Å². The van der Waals surface area contributed by atoms with Crippen LogP contribution in [0.15, 0.2) is 15.2 Å². The smallest absolute Gasteiger partial charge is 0.207 e. The predicted octanol–water partition coefficient (Wildman–Crippen LogP) is 2.69. The first-order chi connectivity index (χ1) is 7.09. The van der Waals surface area contributed by atoms with Crippen LogP contribution in [-0.2, 0) is 0 Å². The second-order valence-electron chi connectivity index (χ2n) is 3.20. The third kappa shape index (κ3) is 1.79. The summed E-state index contributed by atoms with van der Waals surface area (Å²) in [5.41, 5.74) is 2.35. The fourth-order valence-electron chi connectivity index (χ4n) is 1.13. The topological polar surface area (TPSA) is 51.8 Å². The molecule has 0 N–H and O–H groups in total. The van der Waals surface area contributed by atoms with E-state index < -0.39 is 0 Å². The summed E-state index contributed by atoms with van der Waals surface area (Å²) in [4.78, 5) is 8.44. The summed E-state index contributed by atoms with van der Waals surface area (Å²) in [6.45, 7) is 7.59. The van der Waals surface area contributed by atoms with Gasteiger partial charge < -0.3 is 4.52 Å². The van der Waals surface area contributed by atoms with E-state index in [1.165, 1.54) is 0 Å². The van der Waals surface area contributed by atoms with Gasteiger partial charge in [-0.1, -0.05) is 5.16 Å². The summed E-state index contributed by atoms with van der Waals surface area (Å²) >= 11 is 3.34. The molecule has 0 saturated heterocycles. The average Bonchev–Trinajstić information content (AvgIpc) is 2.53. The Balaban J connectivity index is 2.55. The highest BCUT2D eigenvalue weighted by molar-refractivity contribution is 9.10. The van der Waals surface area contributed by atoms with Crippen LogP contribution in [0, 0.1) is 20.8 Å². The SMILES string of the molecule is [CH2]c1c(C)noc1-c1ncc(Br)c(C)n1. The van der Waals surface area contributed by atoms with E-state index >= 15 is 0 Å². The van der Waals surface area contributed by atoms with E-state index in [4.69, 9.17) is 4.52 Å². The van der Waals surface area contributed by atoms with Crippen molar-refractivity contribution in [2.45, 2.75) is 13.8 Å². The molecule has 2 heterocycles. The second-order valence-corrected chi connectivity index (χ2v) is 4.06. The molecule has 0 aliphatic carbocycles. The molecule has 4 nitrogen and oxygen atoms in total. The zero-order chi connectivity index (χ0) is 11.0. The Kier molecular flexibility index (Phi) is 2.56. The summed E-state index contributed by atoms with van der Waals surface area (Å²) in [5.74, 6) is 1.05. The molecule has 0 unspecified atom stereocenters. The van der Waals surface area contributed by atoms with E-state index in [1.807, 2.05) is 13.8 Å². The Morgan fingerprint density at radius 2 is 2.07 bits per heavy atom. The van der Waals surface area contributed by atoms with Crippen LogP contribution in [0.4, 0.5) is 0 Å². The lowest BCUT2D eigenvalue weighted by Crippen LogP contribution is -1.92. The van der Waals surface area contributed by atoms with Gasteiger partial charge in [0.15, 0.2) is 5.82 Å². The Morgan fingerprint density at radius 1 is 1.33 bits per heavy atom. The normalized spacial score (nSPS) is 10.7. The van der Waals surface area contributed by atoms with Gasteiger partial charge in [0, 0.05) is 11.8 Å². The lowest BCUT2D eigenvalue weighted by molar-refractivity contribution is 0.424. The van der Waals surface area contributed by atoms with Gasteiger partial charge in [-0.25, -0.2) is 9.97 Å². The van der Waals surface area contributed by atoms with Crippen LogP contribution in [0.5, 0.6) is 0 Å². The highest BCUT2D eigenvalue weighted by Crippen LogP contribution is 2.23. The van der Waals surface area contributed by atoms with Gasteiger partial charge in [0.25, 0.3) is 0 Å². The van der Waals surface area contributed by atoms with Gasteiger partial charge in [-0.15, -0.1) is 0 Å². The van der Waals surface area contributed by atoms with Crippen LogP contribution in [0.1, 0.15) is 17.0 Å². The van der Waals surface area contributed by atoms with Crippen LogP contribution in [-0.4, -0.2) is 15.1 Å². The number of aromatic nitrogens is 3. The maximum absolute atomic E-state index is 5.12. The summed E-state index contributed by atoms with van der Waals surface area (Å²) < 4.78 is 5.99. The van der Waals surface area contributed by atoms with Crippen molar-refractivity contribution in [2.24, 2.45) is 0 Å². The highest BCUT2D eigenvalue weighted by atomic mass is 79.9.